The Kier molecular flexibility index (Phi) is 6.61. The normalized spacial score (nSPS) is 17.4. The Labute approximate surface area is 201 Å². The van der Waals surface area contributed by atoms with Gasteiger partial charge in [-0.05, 0) is 43.0 Å². The summed E-state index contributed by atoms with van der Waals surface area (Å²) in [5.74, 6) is 0.456. The van der Waals surface area contributed by atoms with Gasteiger partial charge in [-0.2, -0.15) is 0 Å². The fourth-order valence-electron chi connectivity index (χ4n) is 4.75. The molecule has 6 nitrogen and oxygen atoms in total. The van der Waals surface area contributed by atoms with Crippen molar-refractivity contribution in [2.24, 2.45) is 5.41 Å². The van der Waals surface area contributed by atoms with Crippen LogP contribution in [-0.2, 0) is 16.0 Å². The van der Waals surface area contributed by atoms with Crippen LogP contribution in [0.5, 0.6) is 0 Å². The van der Waals surface area contributed by atoms with Gasteiger partial charge in [0.1, 0.15) is 11.9 Å². The molecule has 0 radical (unpaired) electrons. The molecule has 6 heteroatoms. The van der Waals surface area contributed by atoms with Gasteiger partial charge >= 0.3 is 0 Å². The number of carbonyl (C=O) groups is 1. The van der Waals surface area contributed by atoms with Gasteiger partial charge in [-0.25, -0.2) is 4.98 Å². The van der Waals surface area contributed by atoms with Crippen LogP contribution in [0.15, 0.2) is 72.9 Å². The SMILES string of the molecule is Cc1ccc(CCN[C@H](C(=O)Nc2ccc(N3CCC4(COC4)C3)cn2)c2ccccc2)cc1. The molecule has 176 valence electrons. The standard InChI is InChI=1S/C28H32N4O2/c1-21-7-9-22(10-8-21)13-15-29-26(23-5-3-2-4-6-23)27(33)31-25-12-11-24(17-30-25)32-16-14-28(18-32)19-34-20-28/h2-12,17,26,29H,13-16,18-20H2,1H3,(H,30,31,33)/t26-/m0/s1. The van der Waals surface area contributed by atoms with Crippen LogP contribution in [0.2, 0.25) is 0 Å². The molecule has 0 bridgehead atoms. The van der Waals surface area contributed by atoms with Crippen molar-refractivity contribution in [3.8, 4) is 0 Å². The first-order valence-corrected chi connectivity index (χ1v) is 12.0. The molecule has 1 spiro atoms. The highest BCUT2D eigenvalue weighted by molar-refractivity contribution is 5.94. The number of benzene rings is 2. The minimum Gasteiger partial charge on any atom is -0.380 e. The molecule has 2 aliphatic rings. The van der Waals surface area contributed by atoms with Gasteiger partial charge in [-0.3, -0.25) is 4.79 Å². The van der Waals surface area contributed by atoms with E-state index in [0.29, 0.717) is 17.8 Å². The van der Waals surface area contributed by atoms with Crippen LogP contribution < -0.4 is 15.5 Å². The van der Waals surface area contributed by atoms with Gasteiger partial charge in [0.2, 0.25) is 5.91 Å². The summed E-state index contributed by atoms with van der Waals surface area (Å²) in [7, 11) is 0. The molecule has 2 aliphatic heterocycles. The monoisotopic (exact) mass is 456 g/mol. The summed E-state index contributed by atoms with van der Waals surface area (Å²) in [6.45, 7) is 6.55. The molecule has 34 heavy (non-hydrogen) atoms. The highest BCUT2D eigenvalue weighted by Gasteiger charge is 2.44. The predicted octanol–water partition coefficient (Wildman–Crippen LogP) is 4.13. The molecule has 3 aromatic rings. The summed E-state index contributed by atoms with van der Waals surface area (Å²) >= 11 is 0. The van der Waals surface area contributed by atoms with E-state index in [0.717, 1.165) is 44.0 Å². The summed E-state index contributed by atoms with van der Waals surface area (Å²) < 4.78 is 5.43. The Morgan fingerprint density at radius 2 is 1.88 bits per heavy atom. The van der Waals surface area contributed by atoms with Gasteiger partial charge in [0, 0.05) is 25.0 Å². The van der Waals surface area contributed by atoms with Crippen molar-refractivity contribution in [3.05, 3.63) is 89.6 Å². The lowest BCUT2D eigenvalue weighted by atomic mass is 9.85. The van der Waals surface area contributed by atoms with Crippen molar-refractivity contribution < 1.29 is 9.53 Å². The molecule has 3 heterocycles. The Bertz CT molecular complexity index is 1100. The maximum Gasteiger partial charge on any atom is 0.247 e. The number of carbonyl (C=O) groups excluding carboxylic acids is 1. The van der Waals surface area contributed by atoms with E-state index in [9.17, 15) is 4.79 Å². The molecular weight excluding hydrogens is 424 g/mol. The van der Waals surface area contributed by atoms with Crippen LogP contribution >= 0.6 is 0 Å². The molecule has 1 amide bonds. The van der Waals surface area contributed by atoms with Gasteiger partial charge in [0.05, 0.1) is 25.1 Å². The number of aromatic nitrogens is 1. The van der Waals surface area contributed by atoms with Gasteiger partial charge < -0.3 is 20.3 Å². The summed E-state index contributed by atoms with van der Waals surface area (Å²) in [4.78, 5) is 20.1. The minimum atomic E-state index is -0.454. The number of nitrogens with zero attached hydrogens (tertiary/aromatic N) is 2. The van der Waals surface area contributed by atoms with E-state index in [-0.39, 0.29) is 5.91 Å². The van der Waals surface area contributed by atoms with Crippen molar-refractivity contribution in [2.75, 3.05) is 43.1 Å². The van der Waals surface area contributed by atoms with E-state index in [1.165, 1.54) is 17.5 Å². The third-order valence-electron chi connectivity index (χ3n) is 6.90. The fraction of sp³-hybridized carbons (Fsp3) is 0.357. The number of amides is 1. The van der Waals surface area contributed by atoms with Gasteiger partial charge in [0.15, 0.2) is 0 Å². The lowest BCUT2D eigenvalue weighted by molar-refractivity contribution is -0.118. The predicted molar refractivity (Wildman–Crippen MR) is 135 cm³/mol. The van der Waals surface area contributed by atoms with E-state index in [2.05, 4.69) is 51.7 Å². The lowest BCUT2D eigenvalue weighted by Crippen LogP contribution is -2.44. The maximum atomic E-state index is 13.2. The molecule has 0 unspecified atom stereocenters. The Morgan fingerprint density at radius 1 is 1.09 bits per heavy atom. The highest BCUT2D eigenvalue weighted by atomic mass is 16.5. The fourth-order valence-corrected chi connectivity index (χ4v) is 4.75. The molecule has 2 fully saturated rings. The molecule has 0 saturated carbocycles. The van der Waals surface area contributed by atoms with Crippen LogP contribution in [0, 0.1) is 12.3 Å². The van der Waals surface area contributed by atoms with Gasteiger partial charge in [0.25, 0.3) is 0 Å². The van der Waals surface area contributed by atoms with Crippen molar-refractivity contribution in [3.63, 3.8) is 0 Å². The second-order valence-corrected chi connectivity index (χ2v) is 9.59. The number of ether oxygens (including phenoxy) is 1. The third-order valence-corrected chi connectivity index (χ3v) is 6.90. The Morgan fingerprint density at radius 3 is 2.53 bits per heavy atom. The highest BCUT2D eigenvalue weighted by Crippen LogP contribution is 2.39. The molecule has 2 aromatic carbocycles. The molecule has 5 rings (SSSR count). The van der Waals surface area contributed by atoms with Crippen molar-refractivity contribution in [1.82, 2.24) is 10.3 Å². The zero-order chi connectivity index (χ0) is 23.4. The van der Waals surface area contributed by atoms with E-state index in [1.807, 2.05) is 48.7 Å². The first-order valence-electron chi connectivity index (χ1n) is 12.0. The summed E-state index contributed by atoms with van der Waals surface area (Å²) in [6, 6.07) is 21.8. The number of rotatable bonds is 8. The van der Waals surface area contributed by atoms with Crippen molar-refractivity contribution in [2.45, 2.75) is 25.8 Å². The molecule has 1 aromatic heterocycles. The lowest BCUT2D eigenvalue weighted by Gasteiger charge is -2.37. The van der Waals surface area contributed by atoms with E-state index < -0.39 is 6.04 Å². The zero-order valence-corrected chi connectivity index (χ0v) is 19.7. The first-order chi connectivity index (χ1) is 16.6. The number of aryl methyl sites for hydroxylation is 1. The van der Waals surface area contributed by atoms with Gasteiger partial charge in [-0.15, -0.1) is 0 Å². The number of hydrogen-bond acceptors (Lipinski definition) is 5. The smallest absolute Gasteiger partial charge is 0.247 e. The Hall–Kier alpha value is -3.22. The van der Waals surface area contributed by atoms with Crippen LogP contribution in [-0.4, -0.2) is 43.7 Å². The van der Waals surface area contributed by atoms with E-state index in [4.69, 9.17) is 4.74 Å². The van der Waals surface area contributed by atoms with Crippen LogP contribution in [0.4, 0.5) is 11.5 Å². The number of anilines is 2. The molecule has 2 saturated heterocycles. The molecular formula is C28H32N4O2. The topological polar surface area (TPSA) is 66.5 Å². The third kappa shape index (κ3) is 5.13. The maximum absolute atomic E-state index is 13.2. The van der Waals surface area contributed by atoms with Crippen LogP contribution in [0.3, 0.4) is 0 Å². The first kappa shape index (κ1) is 22.6. The average molecular weight is 457 g/mol. The van der Waals surface area contributed by atoms with Crippen LogP contribution in [0.1, 0.15) is 29.2 Å². The zero-order valence-electron chi connectivity index (χ0n) is 19.7. The average Bonchev–Trinajstić information content (AvgIpc) is 3.31. The molecule has 2 N–H and O–H groups in total. The summed E-state index contributed by atoms with van der Waals surface area (Å²) in [6.07, 6.45) is 3.88. The Balaban J connectivity index is 1.21. The van der Waals surface area contributed by atoms with Gasteiger partial charge in [-0.1, -0.05) is 60.2 Å². The number of nitrogens with one attached hydrogen (secondary N) is 2. The minimum absolute atomic E-state index is 0.109. The second kappa shape index (κ2) is 9.95. The summed E-state index contributed by atoms with van der Waals surface area (Å²) in [5, 5.41) is 6.44. The number of hydrogen-bond donors (Lipinski definition) is 2. The van der Waals surface area contributed by atoms with Crippen LogP contribution in [0.25, 0.3) is 0 Å². The quantitative estimate of drug-likeness (QED) is 0.534. The molecule has 0 aliphatic carbocycles. The number of pyridine rings is 1. The summed E-state index contributed by atoms with van der Waals surface area (Å²) in [5.41, 5.74) is 4.86. The largest absolute Gasteiger partial charge is 0.380 e. The van der Waals surface area contributed by atoms with Crippen molar-refractivity contribution >= 4 is 17.4 Å². The van der Waals surface area contributed by atoms with E-state index >= 15 is 0 Å². The van der Waals surface area contributed by atoms with Crippen molar-refractivity contribution in [1.29, 1.82) is 0 Å². The van der Waals surface area contributed by atoms with E-state index in [1.54, 1.807) is 0 Å². The molecule has 1 atom stereocenters. The second-order valence-electron chi connectivity index (χ2n) is 9.59.